The number of rotatable bonds is 8. The number of benzene rings is 2. The zero-order chi connectivity index (χ0) is 19.9. The summed E-state index contributed by atoms with van der Waals surface area (Å²) in [5.41, 5.74) is 4.35. The van der Waals surface area contributed by atoms with Crippen molar-refractivity contribution in [2.75, 3.05) is 11.4 Å². The van der Waals surface area contributed by atoms with Crippen LogP contribution in [0.2, 0.25) is 0 Å². The molecule has 0 saturated heterocycles. The lowest BCUT2D eigenvalue weighted by molar-refractivity contribution is 0.281. The topological polar surface area (TPSA) is 36.4 Å². The van der Waals surface area contributed by atoms with Gasteiger partial charge in [-0.3, -0.25) is 0 Å². The molecule has 0 radical (unpaired) electrons. The Kier molecular flexibility index (Phi) is 6.77. The number of hydrogen-bond acceptors (Lipinski definition) is 3. The molecule has 2 aromatic carbocycles. The number of aliphatic hydroxyl groups excluding tert-OH is 1. The highest BCUT2D eigenvalue weighted by Gasteiger charge is 2.11. The summed E-state index contributed by atoms with van der Waals surface area (Å²) >= 11 is 0. The van der Waals surface area contributed by atoms with E-state index in [4.69, 9.17) is 0 Å². The van der Waals surface area contributed by atoms with Crippen LogP contribution in [0, 0.1) is 5.82 Å². The molecule has 0 saturated carbocycles. The first-order valence-electron chi connectivity index (χ1n) is 9.69. The number of aliphatic hydroxyl groups is 1. The molecule has 28 heavy (non-hydrogen) atoms. The Bertz CT molecular complexity index is 876. The molecule has 0 atom stereocenters. The van der Waals surface area contributed by atoms with Crippen molar-refractivity contribution in [3.05, 3.63) is 94.9 Å². The van der Waals surface area contributed by atoms with E-state index in [9.17, 15) is 9.50 Å². The van der Waals surface area contributed by atoms with Crippen molar-refractivity contribution in [2.45, 2.75) is 39.3 Å². The van der Waals surface area contributed by atoms with E-state index in [0.29, 0.717) is 12.5 Å². The first kappa shape index (κ1) is 20.0. The van der Waals surface area contributed by atoms with Gasteiger partial charge < -0.3 is 10.0 Å². The van der Waals surface area contributed by atoms with Crippen molar-refractivity contribution < 1.29 is 9.50 Å². The van der Waals surface area contributed by atoms with Gasteiger partial charge in [-0.2, -0.15) is 0 Å². The Labute approximate surface area is 166 Å². The molecule has 0 spiro atoms. The Balaban J connectivity index is 1.79. The second-order valence-electron chi connectivity index (χ2n) is 7.38. The normalized spacial score (nSPS) is 11.0. The SMILES string of the molecule is CC(C)c1ccc(N(CCc2cccc(CO)c2)Cc2ccc(F)cc2)nc1. The third kappa shape index (κ3) is 5.40. The second-order valence-corrected chi connectivity index (χ2v) is 7.38. The van der Waals surface area contributed by atoms with Crippen molar-refractivity contribution in [1.29, 1.82) is 0 Å². The zero-order valence-electron chi connectivity index (χ0n) is 16.5. The summed E-state index contributed by atoms with van der Waals surface area (Å²) in [6.45, 7) is 5.79. The first-order chi connectivity index (χ1) is 13.5. The summed E-state index contributed by atoms with van der Waals surface area (Å²) < 4.78 is 13.3. The quantitative estimate of drug-likeness (QED) is 0.593. The van der Waals surface area contributed by atoms with Crippen LogP contribution >= 0.6 is 0 Å². The van der Waals surface area contributed by atoms with Crippen molar-refractivity contribution in [3.8, 4) is 0 Å². The van der Waals surface area contributed by atoms with Gasteiger partial charge in [-0.05, 0) is 52.8 Å². The van der Waals surface area contributed by atoms with Gasteiger partial charge in [0, 0.05) is 19.3 Å². The van der Waals surface area contributed by atoms with Gasteiger partial charge in [-0.15, -0.1) is 0 Å². The van der Waals surface area contributed by atoms with Crippen LogP contribution in [0.25, 0.3) is 0 Å². The lowest BCUT2D eigenvalue weighted by Crippen LogP contribution is -2.26. The minimum absolute atomic E-state index is 0.0470. The molecule has 0 amide bonds. The highest BCUT2D eigenvalue weighted by Crippen LogP contribution is 2.20. The molecule has 0 aliphatic carbocycles. The predicted molar refractivity (Wildman–Crippen MR) is 112 cm³/mol. The molecule has 1 aromatic heterocycles. The number of anilines is 1. The summed E-state index contributed by atoms with van der Waals surface area (Å²) in [6.07, 6.45) is 2.77. The molecule has 1 heterocycles. The minimum atomic E-state index is -0.226. The lowest BCUT2D eigenvalue weighted by atomic mass is 10.1. The second kappa shape index (κ2) is 9.47. The molecule has 0 bridgehead atoms. The van der Waals surface area contributed by atoms with Crippen LogP contribution in [-0.2, 0) is 19.6 Å². The van der Waals surface area contributed by atoms with E-state index in [1.807, 2.05) is 36.5 Å². The fraction of sp³-hybridized carbons (Fsp3) is 0.292. The van der Waals surface area contributed by atoms with E-state index in [1.54, 1.807) is 0 Å². The molecule has 1 N–H and O–H groups in total. The smallest absolute Gasteiger partial charge is 0.128 e. The molecule has 4 heteroatoms. The minimum Gasteiger partial charge on any atom is -0.392 e. The van der Waals surface area contributed by atoms with Crippen molar-refractivity contribution >= 4 is 5.82 Å². The van der Waals surface area contributed by atoms with Gasteiger partial charge >= 0.3 is 0 Å². The summed E-state index contributed by atoms with van der Waals surface area (Å²) in [4.78, 5) is 6.88. The number of halogens is 1. The number of pyridine rings is 1. The zero-order valence-corrected chi connectivity index (χ0v) is 16.5. The Morgan fingerprint density at radius 1 is 0.964 bits per heavy atom. The van der Waals surface area contributed by atoms with Crippen LogP contribution < -0.4 is 4.90 Å². The van der Waals surface area contributed by atoms with Crippen LogP contribution in [0.1, 0.15) is 42.0 Å². The summed E-state index contributed by atoms with van der Waals surface area (Å²) in [7, 11) is 0. The van der Waals surface area contributed by atoms with Crippen LogP contribution in [0.15, 0.2) is 66.9 Å². The van der Waals surface area contributed by atoms with Gasteiger partial charge in [0.1, 0.15) is 11.6 Å². The van der Waals surface area contributed by atoms with E-state index in [2.05, 4.69) is 41.9 Å². The lowest BCUT2D eigenvalue weighted by Gasteiger charge is -2.24. The monoisotopic (exact) mass is 378 g/mol. The molecule has 3 rings (SSSR count). The van der Waals surface area contributed by atoms with Crippen LogP contribution in [-0.4, -0.2) is 16.6 Å². The standard InChI is InChI=1S/C24H27FN2O/c1-18(2)22-8-11-24(26-15-22)27(16-20-6-9-23(25)10-7-20)13-12-19-4-3-5-21(14-19)17-28/h3-11,14-15,18,28H,12-13,16-17H2,1-2H3. The highest BCUT2D eigenvalue weighted by molar-refractivity contribution is 5.41. The molecule has 0 aliphatic heterocycles. The molecular formula is C24H27FN2O. The molecule has 0 unspecified atom stereocenters. The first-order valence-corrected chi connectivity index (χ1v) is 9.69. The van der Waals surface area contributed by atoms with Gasteiger partial charge in [-0.1, -0.05) is 56.3 Å². The van der Waals surface area contributed by atoms with Gasteiger partial charge in [0.25, 0.3) is 0 Å². The maximum Gasteiger partial charge on any atom is 0.128 e. The van der Waals surface area contributed by atoms with Gasteiger partial charge in [0.15, 0.2) is 0 Å². The van der Waals surface area contributed by atoms with E-state index in [-0.39, 0.29) is 12.4 Å². The Morgan fingerprint density at radius 2 is 1.71 bits per heavy atom. The number of nitrogens with zero attached hydrogens (tertiary/aromatic N) is 2. The predicted octanol–water partition coefficient (Wildman–Crippen LogP) is 5.09. The molecule has 3 aromatic rings. The molecule has 3 nitrogen and oxygen atoms in total. The fourth-order valence-corrected chi connectivity index (χ4v) is 3.16. The van der Waals surface area contributed by atoms with Crippen LogP contribution in [0.4, 0.5) is 10.2 Å². The third-order valence-corrected chi connectivity index (χ3v) is 4.89. The highest BCUT2D eigenvalue weighted by atomic mass is 19.1. The van der Waals surface area contributed by atoms with E-state index in [0.717, 1.165) is 29.9 Å². The van der Waals surface area contributed by atoms with Crippen molar-refractivity contribution in [1.82, 2.24) is 4.98 Å². The molecule has 0 aliphatic rings. The van der Waals surface area contributed by atoms with Crippen molar-refractivity contribution in [3.63, 3.8) is 0 Å². The summed E-state index contributed by atoms with van der Waals surface area (Å²) in [6, 6.07) is 18.8. The van der Waals surface area contributed by atoms with E-state index < -0.39 is 0 Å². The average Bonchev–Trinajstić information content (AvgIpc) is 2.72. The largest absolute Gasteiger partial charge is 0.392 e. The maximum absolute atomic E-state index is 13.3. The van der Waals surface area contributed by atoms with Gasteiger partial charge in [-0.25, -0.2) is 9.37 Å². The molecular weight excluding hydrogens is 351 g/mol. The van der Waals surface area contributed by atoms with Gasteiger partial charge in [0.05, 0.1) is 6.61 Å². The van der Waals surface area contributed by atoms with Crippen LogP contribution in [0.3, 0.4) is 0 Å². The van der Waals surface area contributed by atoms with Crippen LogP contribution in [0.5, 0.6) is 0 Å². The van der Waals surface area contributed by atoms with Gasteiger partial charge in [0.2, 0.25) is 0 Å². The third-order valence-electron chi connectivity index (χ3n) is 4.89. The Hall–Kier alpha value is -2.72. The average molecular weight is 378 g/mol. The number of aromatic nitrogens is 1. The molecule has 146 valence electrons. The van der Waals surface area contributed by atoms with E-state index >= 15 is 0 Å². The summed E-state index contributed by atoms with van der Waals surface area (Å²) in [5, 5.41) is 9.35. The fourth-order valence-electron chi connectivity index (χ4n) is 3.16. The maximum atomic E-state index is 13.3. The molecule has 0 fully saturated rings. The summed E-state index contributed by atoms with van der Waals surface area (Å²) in [5.74, 6) is 1.12. The Morgan fingerprint density at radius 3 is 2.36 bits per heavy atom. The van der Waals surface area contributed by atoms with E-state index in [1.165, 1.54) is 23.3 Å². The van der Waals surface area contributed by atoms with Crippen molar-refractivity contribution in [2.24, 2.45) is 0 Å². The number of hydrogen-bond donors (Lipinski definition) is 1.